The lowest BCUT2D eigenvalue weighted by Crippen LogP contribution is -2.48. The molecule has 1 aliphatic heterocycles. The Morgan fingerprint density at radius 2 is 1.96 bits per heavy atom. The molecular weight excluding hydrogens is 336 g/mol. The zero-order chi connectivity index (χ0) is 17.1. The first-order valence-corrected chi connectivity index (χ1v) is 9.04. The molecule has 25 heavy (non-hydrogen) atoms. The van der Waals surface area contributed by atoms with Gasteiger partial charge in [0, 0.05) is 37.1 Å². The van der Waals surface area contributed by atoms with Crippen LogP contribution in [0.5, 0.6) is 0 Å². The van der Waals surface area contributed by atoms with Crippen LogP contribution in [0.1, 0.15) is 15.6 Å². The number of thiazole rings is 1. The summed E-state index contributed by atoms with van der Waals surface area (Å²) in [5.74, 6) is 0.221. The van der Waals surface area contributed by atoms with E-state index in [0.29, 0.717) is 18.9 Å². The van der Waals surface area contributed by atoms with Crippen LogP contribution in [0.15, 0.2) is 42.0 Å². The summed E-state index contributed by atoms with van der Waals surface area (Å²) in [6.07, 6.45) is 1.36. The third-order valence-corrected chi connectivity index (χ3v) is 5.09. The minimum absolute atomic E-state index is 0.0854. The topological polar surface area (TPSA) is 78.0 Å². The maximum absolute atomic E-state index is 12.2. The van der Waals surface area contributed by atoms with Gasteiger partial charge >= 0.3 is 0 Å². The van der Waals surface area contributed by atoms with Crippen molar-refractivity contribution in [1.82, 2.24) is 30.0 Å². The van der Waals surface area contributed by atoms with Gasteiger partial charge in [-0.15, -0.1) is 11.3 Å². The van der Waals surface area contributed by atoms with Crippen LogP contribution in [-0.2, 0) is 6.54 Å². The molecule has 0 aliphatic carbocycles. The van der Waals surface area contributed by atoms with Gasteiger partial charge in [0.25, 0.3) is 5.91 Å². The summed E-state index contributed by atoms with van der Waals surface area (Å²) >= 11 is 1.69. The highest BCUT2D eigenvalue weighted by atomic mass is 32.1. The second kappa shape index (κ2) is 7.12. The predicted octanol–water partition coefficient (Wildman–Crippen LogP) is 1.89. The molecule has 0 spiro atoms. The Bertz CT molecular complexity index is 824. The van der Waals surface area contributed by atoms with Crippen LogP contribution >= 0.6 is 11.3 Å². The maximum atomic E-state index is 12.2. The summed E-state index contributed by atoms with van der Waals surface area (Å²) in [7, 11) is 0. The Morgan fingerprint density at radius 1 is 1.16 bits per heavy atom. The summed E-state index contributed by atoms with van der Waals surface area (Å²) in [4.78, 5) is 25.1. The van der Waals surface area contributed by atoms with Crippen LogP contribution in [0.2, 0.25) is 0 Å². The number of H-pyrrole nitrogens is 1. The number of piperazine rings is 1. The summed E-state index contributed by atoms with van der Waals surface area (Å²) < 4.78 is 0. The number of rotatable bonds is 4. The molecule has 0 radical (unpaired) electrons. The van der Waals surface area contributed by atoms with Crippen molar-refractivity contribution < 1.29 is 4.79 Å². The van der Waals surface area contributed by atoms with Crippen molar-refractivity contribution in [2.75, 3.05) is 26.2 Å². The van der Waals surface area contributed by atoms with E-state index in [9.17, 15) is 4.79 Å². The van der Waals surface area contributed by atoms with Gasteiger partial charge in [0.05, 0.1) is 12.2 Å². The van der Waals surface area contributed by atoms with Gasteiger partial charge in [-0.05, 0) is 0 Å². The van der Waals surface area contributed by atoms with Crippen molar-refractivity contribution in [2.45, 2.75) is 6.54 Å². The van der Waals surface area contributed by atoms with E-state index in [1.807, 2.05) is 23.1 Å². The number of aromatic amines is 1. The Hall–Kier alpha value is -2.58. The third-order valence-electron chi connectivity index (χ3n) is 4.26. The molecule has 3 aromatic rings. The summed E-state index contributed by atoms with van der Waals surface area (Å²) in [5, 5.41) is 9.58. The van der Waals surface area contributed by atoms with Crippen LogP contribution in [0.4, 0.5) is 0 Å². The highest BCUT2D eigenvalue weighted by molar-refractivity contribution is 7.09. The standard InChI is InChI=1S/C17H18N6OS/c24-17(16-18-12-19-21-16)23-8-6-22(7-9-23)10-15-20-14(11-25-15)13-4-2-1-3-5-13/h1-5,11-12H,6-10H2,(H,18,19,21). The minimum Gasteiger partial charge on any atom is -0.333 e. The van der Waals surface area contributed by atoms with Crippen LogP contribution in [-0.4, -0.2) is 62.1 Å². The molecule has 7 nitrogen and oxygen atoms in total. The first kappa shape index (κ1) is 15.9. The van der Waals surface area contributed by atoms with Crippen molar-refractivity contribution in [3.8, 4) is 11.3 Å². The first-order valence-electron chi connectivity index (χ1n) is 8.16. The van der Waals surface area contributed by atoms with Gasteiger partial charge in [-0.3, -0.25) is 14.8 Å². The van der Waals surface area contributed by atoms with Crippen molar-refractivity contribution in [3.63, 3.8) is 0 Å². The van der Waals surface area contributed by atoms with Gasteiger partial charge in [-0.2, -0.15) is 5.10 Å². The van der Waals surface area contributed by atoms with Crippen molar-refractivity contribution in [2.24, 2.45) is 0 Å². The second-order valence-electron chi connectivity index (χ2n) is 5.89. The molecule has 128 valence electrons. The molecular formula is C17H18N6OS. The quantitative estimate of drug-likeness (QED) is 0.774. The fraction of sp³-hybridized carbons (Fsp3) is 0.294. The lowest BCUT2D eigenvalue weighted by molar-refractivity contribution is 0.0617. The largest absolute Gasteiger partial charge is 0.333 e. The molecule has 0 bridgehead atoms. The van der Waals surface area contributed by atoms with E-state index in [1.54, 1.807) is 11.3 Å². The average molecular weight is 354 g/mol. The van der Waals surface area contributed by atoms with E-state index < -0.39 is 0 Å². The smallest absolute Gasteiger partial charge is 0.291 e. The highest BCUT2D eigenvalue weighted by Crippen LogP contribution is 2.22. The number of benzene rings is 1. The van der Waals surface area contributed by atoms with Gasteiger partial charge in [0.2, 0.25) is 5.82 Å². The summed E-state index contributed by atoms with van der Waals surface area (Å²) in [5.41, 5.74) is 2.17. The Kier molecular flexibility index (Phi) is 4.53. The molecule has 1 amide bonds. The van der Waals surface area contributed by atoms with E-state index >= 15 is 0 Å². The molecule has 0 unspecified atom stereocenters. The number of amides is 1. The van der Waals surface area contributed by atoms with Crippen LogP contribution < -0.4 is 0 Å². The first-order chi connectivity index (χ1) is 12.3. The van der Waals surface area contributed by atoms with Gasteiger partial charge in [0.15, 0.2) is 0 Å². The second-order valence-corrected chi connectivity index (χ2v) is 6.84. The third kappa shape index (κ3) is 3.59. The number of hydrogen-bond acceptors (Lipinski definition) is 6. The van der Waals surface area contributed by atoms with E-state index in [2.05, 4.69) is 37.6 Å². The highest BCUT2D eigenvalue weighted by Gasteiger charge is 2.24. The molecule has 1 fully saturated rings. The monoisotopic (exact) mass is 354 g/mol. The molecule has 1 N–H and O–H groups in total. The van der Waals surface area contributed by atoms with Crippen molar-refractivity contribution in [1.29, 1.82) is 0 Å². The molecule has 2 aromatic heterocycles. The maximum Gasteiger partial charge on any atom is 0.291 e. The van der Waals surface area contributed by atoms with E-state index in [0.717, 1.165) is 35.9 Å². The number of hydrogen-bond donors (Lipinski definition) is 1. The SMILES string of the molecule is O=C(c1ncn[nH]1)N1CCN(Cc2nc(-c3ccccc3)cs2)CC1. The van der Waals surface area contributed by atoms with E-state index in [4.69, 9.17) is 4.98 Å². The van der Waals surface area contributed by atoms with Crippen molar-refractivity contribution in [3.05, 3.63) is 52.9 Å². The van der Waals surface area contributed by atoms with Gasteiger partial charge in [0.1, 0.15) is 11.3 Å². The molecule has 8 heteroatoms. The Labute approximate surface area is 149 Å². The fourth-order valence-electron chi connectivity index (χ4n) is 2.88. The molecule has 1 saturated heterocycles. The normalized spacial score (nSPS) is 15.4. The predicted molar refractivity (Wildman–Crippen MR) is 95.1 cm³/mol. The zero-order valence-electron chi connectivity index (χ0n) is 13.6. The van der Waals surface area contributed by atoms with Crippen LogP contribution in [0.3, 0.4) is 0 Å². The average Bonchev–Trinajstić information content (AvgIpc) is 3.35. The van der Waals surface area contributed by atoms with Crippen molar-refractivity contribution >= 4 is 17.2 Å². The fourth-order valence-corrected chi connectivity index (χ4v) is 3.73. The molecule has 3 heterocycles. The Morgan fingerprint density at radius 3 is 2.68 bits per heavy atom. The molecule has 0 atom stereocenters. The van der Waals surface area contributed by atoms with Gasteiger partial charge < -0.3 is 4.90 Å². The number of carbonyl (C=O) groups is 1. The summed E-state index contributed by atoms with van der Waals surface area (Å²) in [6.45, 7) is 3.87. The van der Waals surface area contributed by atoms with Crippen LogP contribution in [0, 0.1) is 0 Å². The molecule has 1 aromatic carbocycles. The van der Waals surface area contributed by atoms with Crippen LogP contribution in [0.25, 0.3) is 11.3 Å². The van der Waals surface area contributed by atoms with Gasteiger partial charge in [-0.25, -0.2) is 9.97 Å². The zero-order valence-corrected chi connectivity index (χ0v) is 14.4. The number of nitrogens with zero attached hydrogens (tertiary/aromatic N) is 5. The van der Waals surface area contributed by atoms with Gasteiger partial charge in [-0.1, -0.05) is 30.3 Å². The lowest BCUT2D eigenvalue weighted by atomic mass is 10.2. The minimum atomic E-state index is -0.0854. The number of nitrogens with one attached hydrogen (secondary N) is 1. The molecule has 1 aliphatic rings. The van der Waals surface area contributed by atoms with E-state index in [-0.39, 0.29) is 5.91 Å². The lowest BCUT2D eigenvalue weighted by Gasteiger charge is -2.33. The number of aromatic nitrogens is 4. The Balaban J connectivity index is 1.33. The molecule has 4 rings (SSSR count). The van der Waals surface area contributed by atoms with E-state index in [1.165, 1.54) is 6.33 Å². The summed E-state index contributed by atoms with van der Waals surface area (Å²) in [6, 6.07) is 10.2. The number of carbonyl (C=O) groups excluding carboxylic acids is 1. The molecule has 0 saturated carbocycles.